The molecule has 4 aliphatic carbocycles. The van der Waals surface area contributed by atoms with Crippen molar-refractivity contribution in [1.29, 1.82) is 0 Å². The number of ether oxygens (including phenoxy) is 1. The topological polar surface area (TPSA) is 77.5 Å². The van der Waals surface area contributed by atoms with Crippen LogP contribution in [0.4, 0.5) is 0 Å². The lowest BCUT2D eigenvalue weighted by Gasteiger charge is -2.60. The van der Waals surface area contributed by atoms with E-state index >= 15 is 0 Å². The van der Waals surface area contributed by atoms with Crippen LogP contribution in [0, 0.1) is 45.3 Å². The second kappa shape index (κ2) is 8.23. The maximum atomic E-state index is 14.4. The van der Waals surface area contributed by atoms with Gasteiger partial charge in [0, 0.05) is 52.9 Å². The number of hydrogen-bond acceptors (Lipinski definition) is 5. The number of Topliss-reactive ketones (excluding diaryl/α,β-unsaturated/α-hetero) is 2. The molecule has 0 aromatic rings. The minimum atomic E-state index is -0.645. The highest BCUT2D eigenvalue weighted by Crippen LogP contribution is 2.72. The first-order valence-electron chi connectivity index (χ1n) is 14.3. The quantitative estimate of drug-likeness (QED) is 0.424. The van der Waals surface area contributed by atoms with Crippen LogP contribution < -0.4 is 0 Å². The summed E-state index contributed by atoms with van der Waals surface area (Å²) >= 11 is 0. The van der Waals surface area contributed by atoms with Gasteiger partial charge in [-0.15, -0.1) is 0 Å². The Morgan fingerprint density at radius 3 is 2.35 bits per heavy atom. The monoisotopic (exact) mass is 508 g/mol. The number of ketones is 3. The number of hydrogen-bond donors (Lipinski definition) is 0. The van der Waals surface area contributed by atoms with Crippen LogP contribution in [0.25, 0.3) is 0 Å². The molecule has 202 valence electrons. The van der Waals surface area contributed by atoms with E-state index in [0.717, 1.165) is 36.0 Å². The van der Waals surface area contributed by atoms with Gasteiger partial charge in [0.1, 0.15) is 17.7 Å². The molecule has 1 aliphatic heterocycles. The summed E-state index contributed by atoms with van der Waals surface area (Å²) < 4.78 is 6.02. The molecule has 0 aromatic heterocycles. The lowest BCUT2D eigenvalue weighted by molar-refractivity contribution is -0.165. The van der Waals surface area contributed by atoms with Crippen molar-refractivity contribution in [2.45, 2.75) is 106 Å². The van der Waals surface area contributed by atoms with E-state index in [1.165, 1.54) is 0 Å². The van der Waals surface area contributed by atoms with Gasteiger partial charge < -0.3 is 4.74 Å². The number of allylic oxidation sites excluding steroid dienone is 2. The fraction of sp³-hybridized carbons (Fsp3) is 0.750. The summed E-state index contributed by atoms with van der Waals surface area (Å²) in [5.41, 5.74) is 1.18. The standard InChI is InChI=1S/C32H44O5/c1-9-19-12-27(37-28(36)18(19)3)29(4,5)25-10-11-31(7)21-13-24(34)22-14-23(33)17(2)16-30(22,6)20(21)15-26(35)32(25,31)8/h13,17,20,22,25,27H,9-12,14-16H2,1-8H3/t17-,20?,22-,25+,27+,30+,31-,32-/m0/s1. The maximum Gasteiger partial charge on any atom is 0.333 e. The summed E-state index contributed by atoms with van der Waals surface area (Å²) in [6.07, 6.45) is 6.20. The summed E-state index contributed by atoms with van der Waals surface area (Å²) in [7, 11) is 0. The third-order valence-electron chi connectivity index (χ3n) is 12.4. The molecule has 8 atom stereocenters. The van der Waals surface area contributed by atoms with E-state index in [1.54, 1.807) is 0 Å². The van der Waals surface area contributed by atoms with Crippen LogP contribution >= 0.6 is 0 Å². The van der Waals surface area contributed by atoms with Crippen molar-refractivity contribution >= 4 is 23.3 Å². The summed E-state index contributed by atoms with van der Waals surface area (Å²) in [5, 5.41) is 0. The molecule has 0 N–H and O–H groups in total. The van der Waals surface area contributed by atoms with E-state index in [2.05, 4.69) is 41.5 Å². The van der Waals surface area contributed by atoms with Crippen LogP contribution in [-0.2, 0) is 23.9 Å². The van der Waals surface area contributed by atoms with Crippen molar-refractivity contribution in [2.24, 2.45) is 45.3 Å². The average Bonchev–Trinajstić information content (AvgIpc) is 3.12. The molecule has 0 radical (unpaired) electrons. The van der Waals surface area contributed by atoms with Crippen molar-refractivity contribution < 1.29 is 23.9 Å². The fourth-order valence-corrected chi connectivity index (χ4v) is 9.61. The lowest BCUT2D eigenvalue weighted by atomic mass is 9.42. The van der Waals surface area contributed by atoms with Crippen molar-refractivity contribution in [1.82, 2.24) is 0 Å². The molecule has 5 nitrogen and oxygen atoms in total. The lowest BCUT2D eigenvalue weighted by Crippen LogP contribution is -2.60. The van der Waals surface area contributed by atoms with Gasteiger partial charge in [0.2, 0.25) is 0 Å². The number of rotatable bonds is 3. The van der Waals surface area contributed by atoms with Gasteiger partial charge >= 0.3 is 5.97 Å². The zero-order valence-electron chi connectivity index (χ0n) is 24.0. The molecule has 3 fully saturated rings. The maximum absolute atomic E-state index is 14.4. The summed E-state index contributed by atoms with van der Waals surface area (Å²) in [6.45, 7) is 16.8. The molecule has 1 unspecified atom stereocenters. The predicted molar refractivity (Wildman–Crippen MR) is 141 cm³/mol. The van der Waals surface area contributed by atoms with Crippen LogP contribution in [0.15, 0.2) is 22.8 Å². The Balaban J connectivity index is 1.55. The Kier molecular flexibility index (Phi) is 5.91. The van der Waals surface area contributed by atoms with Gasteiger partial charge in [0.15, 0.2) is 5.78 Å². The molecule has 1 heterocycles. The number of fused-ring (bicyclic) bond motifs is 5. The first-order chi connectivity index (χ1) is 17.1. The number of cyclic esters (lactones) is 1. The molecular weight excluding hydrogens is 464 g/mol. The number of esters is 1. The van der Waals surface area contributed by atoms with Crippen LogP contribution in [0.1, 0.15) is 100 Å². The van der Waals surface area contributed by atoms with Gasteiger partial charge in [-0.3, -0.25) is 14.4 Å². The Labute approximate surface area is 221 Å². The second-order valence-electron chi connectivity index (χ2n) is 14.1. The van der Waals surface area contributed by atoms with E-state index in [0.29, 0.717) is 25.7 Å². The molecule has 0 spiro atoms. The van der Waals surface area contributed by atoms with Crippen LogP contribution in [0.5, 0.6) is 0 Å². The minimum Gasteiger partial charge on any atom is -0.458 e. The van der Waals surface area contributed by atoms with Gasteiger partial charge in [-0.05, 0) is 55.9 Å². The highest BCUT2D eigenvalue weighted by Gasteiger charge is 2.70. The summed E-state index contributed by atoms with van der Waals surface area (Å²) in [6, 6.07) is 0. The van der Waals surface area contributed by atoms with Crippen LogP contribution in [0.2, 0.25) is 0 Å². The Bertz CT molecular complexity index is 1160. The first-order valence-corrected chi connectivity index (χ1v) is 14.3. The summed E-state index contributed by atoms with van der Waals surface area (Å²) in [5.74, 6) is -0.0769. The van der Waals surface area contributed by atoms with E-state index in [9.17, 15) is 19.2 Å². The van der Waals surface area contributed by atoms with Crippen molar-refractivity contribution in [3.63, 3.8) is 0 Å². The zero-order chi connectivity index (χ0) is 27.3. The van der Waals surface area contributed by atoms with Crippen molar-refractivity contribution in [3.8, 4) is 0 Å². The molecule has 5 aliphatic rings. The van der Waals surface area contributed by atoms with E-state index in [1.807, 2.05) is 19.9 Å². The number of carbonyl (C=O) groups excluding carboxylic acids is 4. The van der Waals surface area contributed by atoms with Gasteiger partial charge in [-0.2, -0.15) is 0 Å². The molecule has 0 amide bonds. The summed E-state index contributed by atoms with van der Waals surface area (Å²) in [4.78, 5) is 53.2. The third-order valence-corrected chi connectivity index (χ3v) is 12.4. The van der Waals surface area contributed by atoms with Gasteiger partial charge in [-0.25, -0.2) is 4.79 Å². The smallest absolute Gasteiger partial charge is 0.333 e. The highest BCUT2D eigenvalue weighted by atomic mass is 16.5. The molecule has 5 heteroatoms. The van der Waals surface area contributed by atoms with Gasteiger partial charge in [0.25, 0.3) is 0 Å². The van der Waals surface area contributed by atoms with E-state index in [-0.39, 0.29) is 58.5 Å². The van der Waals surface area contributed by atoms with Crippen molar-refractivity contribution in [2.75, 3.05) is 0 Å². The molecule has 0 bridgehead atoms. The average molecular weight is 509 g/mol. The number of carbonyl (C=O) groups is 4. The van der Waals surface area contributed by atoms with Crippen LogP contribution in [-0.4, -0.2) is 29.4 Å². The fourth-order valence-electron chi connectivity index (χ4n) is 9.61. The predicted octanol–water partition coefficient (Wildman–Crippen LogP) is 6.20. The normalized spacial score (nSPS) is 44.2. The molecule has 5 rings (SSSR count). The van der Waals surface area contributed by atoms with E-state index in [4.69, 9.17) is 4.74 Å². The second-order valence-corrected chi connectivity index (χ2v) is 14.1. The molecule has 3 saturated carbocycles. The Hall–Kier alpha value is -2.04. The molecular formula is C32H44O5. The van der Waals surface area contributed by atoms with Gasteiger partial charge in [0.05, 0.1) is 0 Å². The zero-order valence-corrected chi connectivity index (χ0v) is 24.0. The van der Waals surface area contributed by atoms with Crippen LogP contribution in [0.3, 0.4) is 0 Å². The molecule has 37 heavy (non-hydrogen) atoms. The minimum absolute atomic E-state index is 0.00275. The Morgan fingerprint density at radius 2 is 1.70 bits per heavy atom. The third kappa shape index (κ3) is 3.34. The largest absolute Gasteiger partial charge is 0.458 e. The van der Waals surface area contributed by atoms with Crippen molar-refractivity contribution in [3.05, 3.63) is 22.8 Å². The Morgan fingerprint density at radius 1 is 1.03 bits per heavy atom. The first kappa shape index (κ1) is 26.6. The van der Waals surface area contributed by atoms with E-state index < -0.39 is 16.2 Å². The van der Waals surface area contributed by atoms with Gasteiger partial charge in [-0.1, -0.05) is 59.6 Å². The highest BCUT2D eigenvalue weighted by molar-refractivity contribution is 6.00. The molecule has 0 aromatic carbocycles. The molecule has 0 saturated heterocycles. The SMILES string of the molecule is CCC1=C(C)C(=O)O[C@@H](C(C)(C)[C@H]2CC[C@@]3(C)C4=CC(=O)[C@@H]5CC(=O)[C@@H](C)C[C@]5(C)C4CC(=O)[C@]23C)C1.